The summed E-state index contributed by atoms with van der Waals surface area (Å²) in [5, 5.41) is 1.83. The fourth-order valence-corrected chi connectivity index (χ4v) is 5.80. The molecular formula is C29H35ClN2O3. The van der Waals surface area contributed by atoms with Crippen LogP contribution in [0.4, 0.5) is 0 Å². The summed E-state index contributed by atoms with van der Waals surface area (Å²) >= 11 is 6.09. The minimum atomic E-state index is -0.420. The van der Waals surface area contributed by atoms with Crippen LogP contribution in [0, 0.1) is 11.3 Å². The van der Waals surface area contributed by atoms with Crippen molar-refractivity contribution in [2.45, 2.75) is 52.3 Å². The van der Waals surface area contributed by atoms with Crippen molar-refractivity contribution in [3.8, 4) is 0 Å². The minimum Gasteiger partial charge on any atom is -0.460 e. The monoisotopic (exact) mass is 494 g/mol. The number of para-hydroxylation sites is 1. The van der Waals surface area contributed by atoms with Gasteiger partial charge < -0.3 is 14.1 Å². The van der Waals surface area contributed by atoms with Crippen molar-refractivity contribution in [3.63, 3.8) is 0 Å². The van der Waals surface area contributed by atoms with Crippen LogP contribution in [0.15, 0.2) is 59.0 Å². The molecule has 2 aromatic carbocycles. The number of rotatable bonds is 7. The van der Waals surface area contributed by atoms with Gasteiger partial charge in [-0.15, -0.1) is 0 Å². The van der Waals surface area contributed by atoms with E-state index < -0.39 is 5.41 Å². The lowest BCUT2D eigenvalue weighted by Crippen LogP contribution is -2.59. The highest BCUT2D eigenvalue weighted by molar-refractivity contribution is 6.30. The van der Waals surface area contributed by atoms with Crippen LogP contribution in [0.5, 0.6) is 0 Å². The van der Waals surface area contributed by atoms with Gasteiger partial charge in [-0.25, -0.2) is 0 Å². The first-order chi connectivity index (χ1) is 16.9. The second-order valence-electron chi connectivity index (χ2n) is 10.7. The molecule has 0 radical (unpaired) electrons. The molecule has 5 nitrogen and oxygen atoms in total. The fourth-order valence-electron chi connectivity index (χ4n) is 5.68. The Bertz CT molecular complexity index is 1130. The van der Waals surface area contributed by atoms with Crippen molar-refractivity contribution in [1.29, 1.82) is 0 Å². The Morgan fingerprint density at radius 1 is 1.14 bits per heavy atom. The molecule has 2 aliphatic heterocycles. The van der Waals surface area contributed by atoms with Crippen LogP contribution in [0.25, 0.3) is 11.0 Å². The third kappa shape index (κ3) is 5.58. The number of furan rings is 1. The van der Waals surface area contributed by atoms with E-state index >= 15 is 0 Å². The molecule has 1 spiro atoms. The first-order valence-electron chi connectivity index (χ1n) is 12.8. The van der Waals surface area contributed by atoms with Crippen LogP contribution < -0.4 is 0 Å². The predicted molar refractivity (Wildman–Crippen MR) is 139 cm³/mol. The molecule has 1 aromatic heterocycles. The van der Waals surface area contributed by atoms with Gasteiger partial charge in [0, 0.05) is 36.7 Å². The predicted octanol–water partition coefficient (Wildman–Crippen LogP) is 6.14. The van der Waals surface area contributed by atoms with Gasteiger partial charge in [0.15, 0.2) is 0 Å². The molecule has 0 saturated carbocycles. The largest absolute Gasteiger partial charge is 0.460 e. The highest BCUT2D eigenvalue weighted by Crippen LogP contribution is 2.41. The summed E-state index contributed by atoms with van der Waals surface area (Å²) in [6.07, 6.45) is 2.74. The molecule has 1 amide bonds. The summed E-state index contributed by atoms with van der Waals surface area (Å²) < 4.78 is 12.4. The SMILES string of the molecule is CC(C)CO[C@@H]1CN(Cc2ccc(Cl)cc2)C(=O)[C@]2(CCCN(Cc3cc4ccccc4o3)C2)C1. The molecule has 2 fully saturated rings. The van der Waals surface area contributed by atoms with Crippen LogP contribution in [0.2, 0.25) is 5.02 Å². The lowest BCUT2D eigenvalue weighted by atomic mass is 9.72. The molecule has 0 unspecified atom stereocenters. The quantitative estimate of drug-likeness (QED) is 0.395. The molecule has 5 rings (SSSR count). The smallest absolute Gasteiger partial charge is 0.230 e. The summed E-state index contributed by atoms with van der Waals surface area (Å²) in [4.78, 5) is 18.4. The van der Waals surface area contributed by atoms with E-state index in [1.165, 1.54) is 0 Å². The molecule has 3 aromatic rings. The van der Waals surface area contributed by atoms with Crippen molar-refractivity contribution in [2.24, 2.45) is 11.3 Å². The van der Waals surface area contributed by atoms with Gasteiger partial charge in [0.25, 0.3) is 0 Å². The summed E-state index contributed by atoms with van der Waals surface area (Å²) in [5.74, 6) is 1.67. The topological polar surface area (TPSA) is 45.9 Å². The Balaban J connectivity index is 1.35. The van der Waals surface area contributed by atoms with E-state index in [2.05, 4.69) is 30.9 Å². The molecule has 6 heteroatoms. The Morgan fingerprint density at radius 2 is 1.94 bits per heavy atom. The highest BCUT2D eigenvalue weighted by Gasteiger charge is 2.49. The van der Waals surface area contributed by atoms with Gasteiger partial charge in [0.2, 0.25) is 5.91 Å². The molecule has 186 valence electrons. The number of carbonyl (C=O) groups is 1. The number of piperidine rings is 2. The standard InChI is InChI=1S/C29H35ClN2O3/c1-21(2)19-34-26-15-29(28(33)32(18-26)16-22-8-10-24(30)11-9-22)12-5-13-31(20-29)17-25-14-23-6-3-4-7-27(23)35-25/h3-4,6-11,14,21,26H,5,12-13,15-20H2,1-2H3/t26-,29+/m0/s1. The number of carbonyl (C=O) groups excluding carboxylic acids is 1. The van der Waals surface area contributed by atoms with Gasteiger partial charge in [0.05, 0.1) is 18.1 Å². The molecule has 3 heterocycles. The van der Waals surface area contributed by atoms with Crippen molar-refractivity contribution >= 4 is 28.5 Å². The first-order valence-corrected chi connectivity index (χ1v) is 13.1. The van der Waals surface area contributed by atoms with Gasteiger partial charge in [-0.2, -0.15) is 0 Å². The number of ether oxygens (including phenoxy) is 1. The lowest BCUT2D eigenvalue weighted by Gasteiger charge is -2.49. The number of hydrogen-bond acceptors (Lipinski definition) is 4. The number of fused-ring (bicyclic) bond motifs is 1. The zero-order chi connectivity index (χ0) is 24.4. The lowest BCUT2D eigenvalue weighted by molar-refractivity contribution is -0.162. The first kappa shape index (κ1) is 24.4. The number of benzene rings is 2. The zero-order valence-electron chi connectivity index (χ0n) is 20.7. The van der Waals surface area contributed by atoms with Crippen LogP contribution in [-0.2, 0) is 22.6 Å². The maximum Gasteiger partial charge on any atom is 0.230 e. The third-order valence-corrected chi connectivity index (χ3v) is 7.50. The Hall–Kier alpha value is -2.34. The Morgan fingerprint density at radius 3 is 2.71 bits per heavy atom. The van der Waals surface area contributed by atoms with E-state index in [1.807, 2.05) is 47.4 Å². The van der Waals surface area contributed by atoms with Crippen molar-refractivity contribution < 1.29 is 13.9 Å². The van der Waals surface area contributed by atoms with Gasteiger partial charge in [-0.3, -0.25) is 9.69 Å². The van der Waals surface area contributed by atoms with Crippen LogP contribution in [0.1, 0.15) is 44.4 Å². The number of hydrogen-bond donors (Lipinski definition) is 0. The third-order valence-electron chi connectivity index (χ3n) is 7.25. The summed E-state index contributed by atoms with van der Waals surface area (Å²) in [7, 11) is 0. The van der Waals surface area contributed by atoms with E-state index in [-0.39, 0.29) is 12.0 Å². The van der Waals surface area contributed by atoms with Crippen molar-refractivity contribution in [2.75, 3.05) is 26.2 Å². The normalized spacial score (nSPS) is 23.6. The van der Waals surface area contributed by atoms with Crippen molar-refractivity contribution in [1.82, 2.24) is 9.80 Å². The van der Waals surface area contributed by atoms with Crippen LogP contribution in [-0.4, -0.2) is 48.1 Å². The number of amides is 1. The summed E-state index contributed by atoms with van der Waals surface area (Å²) in [5.41, 5.74) is 1.59. The summed E-state index contributed by atoms with van der Waals surface area (Å²) in [6, 6.07) is 18.0. The van der Waals surface area contributed by atoms with Gasteiger partial charge >= 0.3 is 0 Å². The van der Waals surface area contributed by atoms with E-state index in [0.29, 0.717) is 30.6 Å². The average molecular weight is 495 g/mol. The van der Waals surface area contributed by atoms with E-state index in [9.17, 15) is 4.79 Å². The Kier molecular flexibility index (Phi) is 7.19. The molecule has 35 heavy (non-hydrogen) atoms. The van der Waals surface area contributed by atoms with Gasteiger partial charge in [0.1, 0.15) is 11.3 Å². The molecule has 0 aliphatic carbocycles. The fraction of sp³-hybridized carbons (Fsp3) is 0.483. The molecule has 2 aliphatic rings. The molecule has 2 atom stereocenters. The number of likely N-dealkylation sites (tertiary alicyclic amines) is 2. The highest BCUT2D eigenvalue weighted by atomic mass is 35.5. The molecule has 2 saturated heterocycles. The minimum absolute atomic E-state index is 0.0496. The maximum atomic E-state index is 14.0. The van der Waals surface area contributed by atoms with Crippen molar-refractivity contribution in [3.05, 3.63) is 70.9 Å². The Labute approximate surface area is 213 Å². The number of nitrogens with zero attached hydrogens (tertiary/aromatic N) is 2. The van der Waals surface area contributed by atoms with Crippen LogP contribution in [0.3, 0.4) is 0 Å². The maximum absolute atomic E-state index is 14.0. The van der Waals surface area contributed by atoms with Gasteiger partial charge in [-0.1, -0.05) is 55.8 Å². The average Bonchev–Trinajstić information content (AvgIpc) is 3.25. The van der Waals surface area contributed by atoms with Crippen LogP contribution >= 0.6 is 11.6 Å². The van der Waals surface area contributed by atoms with E-state index in [0.717, 1.165) is 61.2 Å². The molecule has 0 N–H and O–H groups in total. The zero-order valence-corrected chi connectivity index (χ0v) is 21.5. The summed E-state index contributed by atoms with van der Waals surface area (Å²) in [6.45, 7) is 8.71. The number of halogens is 1. The second kappa shape index (κ2) is 10.3. The van der Waals surface area contributed by atoms with Gasteiger partial charge in [-0.05, 0) is 61.6 Å². The molecule has 0 bridgehead atoms. The van der Waals surface area contributed by atoms with E-state index in [4.69, 9.17) is 20.8 Å². The second-order valence-corrected chi connectivity index (χ2v) is 11.1. The molecular weight excluding hydrogens is 460 g/mol. The van der Waals surface area contributed by atoms with E-state index in [1.54, 1.807) is 0 Å².